The van der Waals surface area contributed by atoms with Crippen LogP contribution in [0.3, 0.4) is 0 Å². The van der Waals surface area contributed by atoms with Crippen LogP contribution >= 0.6 is 0 Å². The normalized spacial score (nSPS) is 17.9. The van der Waals surface area contributed by atoms with E-state index in [9.17, 15) is 0 Å². The second-order valence-corrected chi connectivity index (χ2v) is 4.42. The highest BCUT2D eigenvalue weighted by atomic mass is 14.9. The molecule has 1 atom stereocenters. The van der Waals surface area contributed by atoms with E-state index in [1.165, 1.54) is 21.6 Å². The number of nitrogens with one attached hydrogen (secondary N) is 1. The van der Waals surface area contributed by atoms with Gasteiger partial charge in [-0.1, -0.05) is 54.6 Å². The fourth-order valence-electron chi connectivity index (χ4n) is 2.43. The van der Waals surface area contributed by atoms with Gasteiger partial charge in [0, 0.05) is 6.20 Å². The molecule has 1 aliphatic heterocycles. The van der Waals surface area contributed by atoms with Crippen molar-refractivity contribution in [2.45, 2.75) is 13.0 Å². The van der Waals surface area contributed by atoms with Crippen molar-refractivity contribution in [2.24, 2.45) is 0 Å². The third kappa shape index (κ3) is 1.74. The maximum absolute atomic E-state index is 3.48. The Kier molecular flexibility index (Phi) is 2.45. The van der Waals surface area contributed by atoms with Gasteiger partial charge in [-0.2, -0.15) is 0 Å². The Morgan fingerprint density at radius 1 is 0.882 bits per heavy atom. The number of hydrogen-bond acceptors (Lipinski definition) is 1. The third-order valence-corrected chi connectivity index (χ3v) is 3.36. The molecule has 0 saturated heterocycles. The predicted octanol–water partition coefficient (Wildman–Crippen LogP) is 1.94. The van der Waals surface area contributed by atoms with Crippen molar-refractivity contribution in [3.63, 3.8) is 0 Å². The molecule has 1 aliphatic rings. The highest BCUT2D eigenvalue weighted by molar-refractivity contribution is 5.57. The van der Waals surface area contributed by atoms with Crippen molar-refractivity contribution in [2.75, 3.05) is 0 Å². The van der Waals surface area contributed by atoms with Crippen molar-refractivity contribution >= 4 is 11.8 Å². The van der Waals surface area contributed by atoms with E-state index in [2.05, 4.69) is 73.0 Å². The van der Waals surface area contributed by atoms with Gasteiger partial charge in [-0.05, 0) is 28.5 Å². The minimum Gasteiger partial charge on any atom is -0.380 e. The number of rotatable bonds is 1. The summed E-state index contributed by atoms with van der Waals surface area (Å²) >= 11 is 0. The van der Waals surface area contributed by atoms with E-state index in [1.807, 2.05) is 0 Å². The Bertz CT molecular complexity index is 641. The van der Waals surface area contributed by atoms with Crippen LogP contribution in [0.5, 0.6) is 0 Å². The average Bonchev–Trinajstić information content (AvgIpc) is 2.40. The first-order valence-corrected chi connectivity index (χ1v) is 5.93. The lowest BCUT2D eigenvalue weighted by Gasteiger charge is -2.22. The molecule has 3 rings (SSSR count). The number of benzene rings is 2. The number of fused-ring (bicyclic) bond motifs is 1. The summed E-state index contributed by atoms with van der Waals surface area (Å²) in [5, 5.41) is 6.10. The van der Waals surface area contributed by atoms with Gasteiger partial charge in [0.25, 0.3) is 0 Å². The molecule has 0 radical (unpaired) electrons. The van der Waals surface area contributed by atoms with E-state index in [4.69, 9.17) is 0 Å². The summed E-state index contributed by atoms with van der Waals surface area (Å²) in [6, 6.07) is 19.4. The molecule has 0 aromatic heterocycles. The topological polar surface area (TPSA) is 12.0 Å². The van der Waals surface area contributed by atoms with Crippen molar-refractivity contribution in [1.82, 2.24) is 5.32 Å². The molecular formula is C16H15N. The minimum absolute atomic E-state index is 0.297. The molecule has 1 heteroatoms. The van der Waals surface area contributed by atoms with Crippen LogP contribution in [-0.2, 0) is 0 Å². The van der Waals surface area contributed by atoms with Crippen LogP contribution in [0.15, 0.2) is 54.6 Å². The van der Waals surface area contributed by atoms with Gasteiger partial charge in [0.05, 0.1) is 6.04 Å². The van der Waals surface area contributed by atoms with Crippen LogP contribution < -0.4 is 15.8 Å². The van der Waals surface area contributed by atoms with Gasteiger partial charge in [0.2, 0.25) is 0 Å². The SMILES string of the molecule is CC1=c2ccccc2=CNC1c1ccccc1. The summed E-state index contributed by atoms with van der Waals surface area (Å²) in [5.74, 6) is 0. The third-order valence-electron chi connectivity index (χ3n) is 3.36. The summed E-state index contributed by atoms with van der Waals surface area (Å²) in [7, 11) is 0. The molecule has 84 valence electrons. The second kappa shape index (κ2) is 4.10. The van der Waals surface area contributed by atoms with Crippen molar-refractivity contribution in [3.05, 3.63) is 70.6 Å². The molecule has 0 bridgehead atoms. The Labute approximate surface area is 101 Å². The molecule has 17 heavy (non-hydrogen) atoms. The van der Waals surface area contributed by atoms with Gasteiger partial charge in [-0.25, -0.2) is 0 Å². The second-order valence-electron chi connectivity index (χ2n) is 4.42. The van der Waals surface area contributed by atoms with Crippen LogP contribution in [0.2, 0.25) is 0 Å². The van der Waals surface area contributed by atoms with E-state index >= 15 is 0 Å². The molecule has 1 nitrogen and oxygen atoms in total. The van der Waals surface area contributed by atoms with Crippen LogP contribution in [0.25, 0.3) is 11.8 Å². The summed E-state index contributed by atoms with van der Waals surface area (Å²) in [6.45, 7) is 2.20. The average molecular weight is 221 g/mol. The summed E-state index contributed by atoms with van der Waals surface area (Å²) in [5.41, 5.74) is 2.70. The zero-order chi connectivity index (χ0) is 11.7. The summed E-state index contributed by atoms with van der Waals surface area (Å²) in [6.07, 6.45) is 2.11. The van der Waals surface area contributed by atoms with Gasteiger partial charge < -0.3 is 5.32 Å². The molecular weight excluding hydrogens is 206 g/mol. The highest BCUT2D eigenvalue weighted by Crippen LogP contribution is 2.21. The lowest BCUT2D eigenvalue weighted by Crippen LogP contribution is -2.37. The van der Waals surface area contributed by atoms with Crippen LogP contribution in [-0.4, -0.2) is 0 Å². The fraction of sp³-hybridized carbons (Fsp3) is 0.125. The van der Waals surface area contributed by atoms with Gasteiger partial charge >= 0.3 is 0 Å². The van der Waals surface area contributed by atoms with Crippen molar-refractivity contribution < 1.29 is 0 Å². The Morgan fingerprint density at radius 2 is 1.59 bits per heavy atom. The molecule has 0 amide bonds. The molecule has 1 heterocycles. The first kappa shape index (κ1) is 10.2. The fourth-order valence-corrected chi connectivity index (χ4v) is 2.43. The first-order chi connectivity index (χ1) is 8.36. The van der Waals surface area contributed by atoms with E-state index < -0.39 is 0 Å². The minimum atomic E-state index is 0.297. The summed E-state index contributed by atoms with van der Waals surface area (Å²) < 4.78 is 0. The molecule has 2 aromatic rings. The van der Waals surface area contributed by atoms with E-state index in [0.29, 0.717) is 6.04 Å². The molecule has 0 spiro atoms. The molecule has 0 aliphatic carbocycles. The standard InChI is InChI=1S/C16H15N/c1-12-15-10-6-5-9-14(15)11-17-16(12)13-7-3-2-4-8-13/h2-11,16-17H,1H3. The van der Waals surface area contributed by atoms with Crippen molar-refractivity contribution in [3.8, 4) is 0 Å². The maximum Gasteiger partial charge on any atom is 0.0728 e. The molecule has 1 unspecified atom stereocenters. The largest absolute Gasteiger partial charge is 0.380 e. The molecule has 0 fully saturated rings. The van der Waals surface area contributed by atoms with Crippen LogP contribution in [0, 0.1) is 0 Å². The smallest absolute Gasteiger partial charge is 0.0728 e. The Balaban J connectivity index is 2.17. The predicted molar refractivity (Wildman–Crippen MR) is 71.6 cm³/mol. The number of hydrogen-bond donors (Lipinski definition) is 1. The van der Waals surface area contributed by atoms with Gasteiger partial charge in [0.15, 0.2) is 0 Å². The Morgan fingerprint density at radius 3 is 2.41 bits per heavy atom. The monoisotopic (exact) mass is 221 g/mol. The van der Waals surface area contributed by atoms with Gasteiger partial charge in [-0.15, -0.1) is 0 Å². The molecule has 2 aromatic carbocycles. The maximum atomic E-state index is 3.48. The van der Waals surface area contributed by atoms with Gasteiger partial charge in [-0.3, -0.25) is 0 Å². The zero-order valence-electron chi connectivity index (χ0n) is 9.85. The zero-order valence-corrected chi connectivity index (χ0v) is 9.85. The van der Waals surface area contributed by atoms with Crippen LogP contribution in [0.4, 0.5) is 0 Å². The van der Waals surface area contributed by atoms with Crippen LogP contribution in [0.1, 0.15) is 18.5 Å². The van der Waals surface area contributed by atoms with Crippen molar-refractivity contribution in [1.29, 1.82) is 0 Å². The lowest BCUT2D eigenvalue weighted by molar-refractivity contribution is 0.784. The lowest BCUT2D eigenvalue weighted by atomic mass is 9.95. The molecule has 0 saturated carbocycles. The highest BCUT2D eigenvalue weighted by Gasteiger charge is 2.14. The first-order valence-electron chi connectivity index (χ1n) is 5.93. The summed E-state index contributed by atoms with van der Waals surface area (Å²) in [4.78, 5) is 0. The van der Waals surface area contributed by atoms with E-state index in [-0.39, 0.29) is 0 Å². The van der Waals surface area contributed by atoms with Gasteiger partial charge in [0.1, 0.15) is 0 Å². The molecule has 1 N–H and O–H groups in total. The van der Waals surface area contributed by atoms with E-state index in [1.54, 1.807) is 0 Å². The van der Waals surface area contributed by atoms with E-state index in [0.717, 1.165) is 0 Å². The Hall–Kier alpha value is -2.02. The quantitative estimate of drug-likeness (QED) is 0.776.